The zero-order valence-electron chi connectivity index (χ0n) is 8.16. The van der Waals surface area contributed by atoms with Crippen molar-refractivity contribution in [1.29, 1.82) is 0 Å². The average Bonchev–Trinajstić information content (AvgIpc) is 2.04. The summed E-state index contributed by atoms with van der Waals surface area (Å²) < 4.78 is 0. The Morgan fingerprint density at radius 1 is 1.31 bits per heavy atom. The van der Waals surface area contributed by atoms with Crippen LogP contribution in [0.15, 0.2) is 29.3 Å². The van der Waals surface area contributed by atoms with E-state index in [0.29, 0.717) is 0 Å². The smallest absolute Gasteiger partial charge is 0.0776 e. The van der Waals surface area contributed by atoms with Gasteiger partial charge in [-0.1, -0.05) is 37.0 Å². The first kappa shape index (κ1) is 10.3. The molecule has 1 aromatic rings. The van der Waals surface area contributed by atoms with Crippen molar-refractivity contribution in [2.75, 3.05) is 0 Å². The van der Waals surface area contributed by atoms with Gasteiger partial charge in [-0.05, 0) is 24.4 Å². The van der Waals surface area contributed by atoms with Crippen molar-refractivity contribution in [1.82, 2.24) is 0 Å². The first-order valence-corrected chi connectivity index (χ1v) is 8.13. The summed E-state index contributed by atoms with van der Waals surface area (Å²) in [4.78, 5) is 3.97. The topological polar surface area (TPSA) is 12.4 Å². The van der Waals surface area contributed by atoms with Crippen molar-refractivity contribution in [2.45, 2.75) is 19.6 Å². The maximum absolute atomic E-state index is 4.57. The molecule has 1 nitrogen and oxygen atoms in total. The van der Waals surface area contributed by atoms with E-state index in [4.69, 9.17) is 0 Å². The number of hydrogen-bond donors (Lipinski definition) is 0. The minimum Gasteiger partial charge on any atom is -0.195 e. The van der Waals surface area contributed by atoms with Crippen LogP contribution in [0.4, 0.5) is 5.69 Å². The molecule has 0 heterocycles. The molecule has 0 aliphatic rings. The van der Waals surface area contributed by atoms with E-state index < -0.39 is 8.07 Å². The summed E-state index contributed by atoms with van der Waals surface area (Å²) in [5, 5.41) is 3.79. The molecule has 13 heavy (non-hydrogen) atoms. The minimum absolute atomic E-state index is 0.912. The predicted octanol–water partition coefficient (Wildman–Crippen LogP) is 2.97. The fourth-order valence-electron chi connectivity index (χ4n) is 1.09. The van der Waals surface area contributed by atoms with Crippen LogP contribution in [0, 0.1) is 0 Å². The van der Waals surface area contributed by atoms with Crippen LogP contribution in [0.25, 0.3) is 0 Å². The molecule has 0 N–H and O–H groups in total. The van der Waals surface area contributed by atoms with Crippen LogP contribution in [-0.4, -0.2) is 13.2 Å². The van der Waals surface area contributed by atoms with Crippen LogP contribution in [0.1, 0.15) is 0 Å². The predicted molar refractivity (Wildman–Crippen MR) is 64.1 cm³/mol. The number of rotatable bonds is 2. The Morgan fingerprint density at radius 2 is 2.00 bits per heavy atom. The van der Waals surface area contributed by atoms with Crippen LogP contribution in [0.5, 0.6) is 0 Å². The monoisotopic (exact) mass is 207 g/mol. The SMILES string of the molecule is C[Si](C)(C)c1cccc(N=C=S)c1. The van der Waals surface area contributed by atoms with Crippen molar-refractivity contribution >= 4 is 36.3 Å². The Hall–Kier alpha value is -0.763. The van der Waals surface area contributed by atoms with Gasteiger partial charge >= 0.3 is 0 Å². The van der Waals surface area contributed by atoms with Crippen molar-refractivity contribution in [3.63, 3.8) is 0 Å². The van der Waals surface area contributed by atoms with Gasteiger partial charge in [0, 0.05) is 0 Å². The van der Waals surface area contributed by atoms with Gasteiger partial charge in [0.15, 0.2) is 0 Å². The average molecular weight is 207 g/mol. The van der Waals surface area contributed by atoms with E-state index in [9.17, 15) is 0 Å². The van der Waals surface area contributed by atoms with Crippen molar-refractivity contribution in [3.05, 3.63) is 24.3 Å². The van der Waals surface area contributed by atoms with E-state index in [1.54, 1.807) is 0 Å². The van der Waals surface area contributed by atoms with Crippen LogP contribution in [0.2, 0.25) is 19.6 Å². The van der Waals surface area contributed by atoms with Crippen LogP contribution < -0.4 is 5.19 Å². The molecular formula is C10H13NSSi. The molecule has 0 bridgehead atoms. The molecule has 0 saturated heterocycles. The van der Waals surface area contributed by atoms with Gasteiger partial charge in [0.25, 0.3) is 0 Å². The van der Waals surface area contributed by atoms with Crippen molar-refractivity contribution in [2.24, 2.45) is 4.99 Å². The third-order valence-electron chi connectivity index (χ3n) is 1.89. The molecule has 0 atom stereocenters. The van der Waals surface area contributed by atoms with Gasteiger partial charge in [0.2, 0.25) is 0 Å². The van der Waals surface area contributed by atoms with Crippen molar-refractivity contribution in [3.8, 4) is 0 Å². The van der Waals surface area contributed by atoms with Gasteiger partial charge in [0.1, 0.15) is 0 Å². The summed E-state index contributed by atoms with van der Waals surface area (Å²) in [5.74, 6) is 0. The van der Waals surface area contributed by atoms with E-state index in [0.717, 1.165) is 5.69 Å². The molecule has 1 aromatic carbocycles. The van der Waals surface area contributed by atoms with Crippen LogP contribution in [-0.2, 0) is 0 Å². The Labute approximate surface area is 85.5 Å². The summed E-state index contributed by atoms with van der Waals surface area (Å²) in [6.45, 7) is 6.94. The molecule has 0 aliphatic heterocycles. The standard InChI is InChI=1S/C10H13NSSi/c1-13(2,3)10-6-4-5-9(7-10)11-8-12/h4-7H,1-3H3. The maximum atomic E-state index is 4.57. The number of thiocarbonyl (C=S) groups is 1. The molecule has 0 aromatic heterocycles. The van der Waals surface area contributed by atoms with Gasteiger partial charge in [-0.3, -0.25) is 0 Å². The molecule has 0 fully saturated rings. The second-order valence-electron chi connectivity index (χ2n) is 4.00. The highest BCUT2D eigenvalue weighted by molar-refractivity contribution is 7.78. The highest BCUT2D eigenvalue weighted by Crippen LogP contribution is 2.11. The van der Waals surface area contributed by atoms with Gasteiger partial charge in [-0.25, -0.2) is 0 Å². The molecule has 1 rings (SSSR count). The molecule has 0 spiro atoms. The Bertz CT molecular complexity index is 348. The third-order valence-corrected chi connectivity index (χ3v) is 4.02. The second-order valence-corrected chi connectivity index (χ2v) is 9.26. The Morgan fingerprint density at radius 3 is 2.54 bits per heavy atom. The van der Waals surface area contributed by atoms with E-state index in [1.165, 1.54) is 5.19 Å². The summed E-state index contributed by atoms with van der Waals surface area (Å²) in [7, 11) is -1.22. The van der Waals surface area contributed by atoms with Gasteiger partial charge in [-0.15, -0.1) is 0 Å². The largest absolute Gasteiger partial charge is 0.195 e. The lowest BCUT2D eigenvalue weighted by atomic mass is 10.3. The third kappa shape index (κ3) is 2.88. The number of benzene rings is 1. The zero-order valence-corrected chi connectivity index (χ0v) is 9.98. The van der Waals surface area contributed by atoms with E-state index >= 15 is 0 Å². The lowest BCUT2D eigenvalue weighted by Gasteiger charge is -2.16. The quantitative estimate of drug-likeness (QED) is 0.412. The highest BCUT2D eigenvalue weighted by Gasteiger charge is 2.15. The normalized spacial score (nSPS) is 10.7. The summed E-state index contributed by atoms with van der Waals surface area (Å²) in [6.07, 6.45) is 0. The maximum Gasteiger partial charge on any atom is 0.0776 e. The Balaban J connectivity index is 3.12. The molecule has 3 heteroatoms. The van der Waals surface area contributed by atoms with Crippen molar-refractivity contribution < 1.29 is 0 Å². The molecule has 0 unspecified atom stereocenters. The number of aliphatic imine (C=N–C) groups is 1. The molecule has 68 valence electrons. The number of hydrogen-bond acceptors (Lipinski definition) is 2. The summed E-state index contributed by atoms with van der Waals surface area (Å²) >= 11 is 4.57. The van der Waals surface area contributed by atoms with Gasteiger partial charge < -0.3 is 0 Å². The highest BCUT2D eigenvalue weighted by atomic mass is 32.1. The van der Waals surface area contributed by atoms with Crippen LogP contribution >= 0.6 is 12.2 Å². The lowest BCUT2D eigenvalue weighted by Crippen LogP contribution is -2.37. The fourth-order valence-corrected chi connectivity index (χ4v) is 2.38. The summed E-state index contributed by atoms with van der Waals surface area (Å²) in [5.41, 5.74) is 0.912. The van der Waals surface area contributed by atoms with Crippen LogP contribution in [0.3, 0.4) is 0 Å². The first-order valence-electron chi connectivity index (χ1n) is 4.22. The van der Waals surface area contributed by atoms with E-state index in [2.05, 4.69) is 54.1 Å². The van der Waals surface area contributed by atoms with E-state index in [-0.39, 0.29) is 0 Å². The second kappa shape index (κ2) is 3.96. The molecular weight excluding hydrogens is 194 g/mol. The first-order chi connectivity index (χ1) is 6.04. The number of isothiocyanates is 1. The van der Waals surface area contributed by atoms with E-state index in [1.807, 2.05) is 12.1 Å². The molecule has 0 aliphatic carbocycles. The fraction of sp³-hybridized carbons (Fsp3) is 0.300. The zero-order chi connectivity index (χ0) is 9.90. The molecule has 0 radical (unpaired) electrons. The number of nitrogens with zero attached hydrogens (tertiary/aromatic N) is 1. The molecule has 0 amide bonds. The minimum atomic E-state index is -1.22. The van der Waals surface area contributed by atoms with Gasteiger partial charge in [0.05, 0.1) is 18.9 Å². The summed E-state index contributed by atoms with van der Waals surface area (Å²) in [6, 6.07) is 8.24. The Kier molecular flexibility index (Phi) is 3.15. The molecule has 0 saturated carbocycles. The van der Waals surface area contributed by atoms with Gasteiger partial charge in [-0.2, -0.15) is 4.99 Å². The lowest BCUT2D eigenvalue weighted by molar-refractivity contribution is 1.56.